The van der Waals surface area contributed by atoms with Crippen LogP contribution in [0.2, 0.25) is 0 Å². The van der Waals surface area contributed by atoms with Gasteiger partial charge in [0.1, 0.15) is 19.0 Å². The molecule has 0 spiro atoms. The maximum atomic E-state index is 12.7. The number of carbonyl (C=O) groups is 1. The van der Waals surface area contributed by atoms with E-state index < -0.39 is 0 Å². The molecule has 0 aromatic heterocycles. The van der Waals surface area contributed by atoms with Crippen LogP contribution in [0.5, 0.6) is 23.0 Å². The van der Waals surface area contributed by atoms with Crippen LogP contribution in [0.25, 0.3) is 0 Å². The Hall–Kier alpha value is -3.67. The second-order valence-corrected chi connectivity index (χ2v) is 6.68. The zero-order valence-corrected chi connectivity index (χ0v) is 16.1. The Morgan fingerprint density at radius 3 is 2.52 bits per heavy atom. The summed E-state index contributed by atoms with van der Waals surface area (Å²) in [4.78, 5) is 14.3. The zero-order valence-electron chi connectivity index (χ0n) is 16.1. The lowest BCUT2D eigenvalue weighted by Crippen LogP contribution is -2.31. The van der Waals surface area contributed by atoms with Gasteiger partial charge < -0.3 is 24.4 Å². The molecule has 0 saturated heterocycles. The Bertz CT molecular complexity index is 991. The van der Waals surface area contributed by atoms with E-state index in [2.05, 4.69) is 5.32 Å². The summed E-state index contributed by atoms with van der Waals surface area (Å²) < 4.78 is 17.1. The van der Waals surface area contributed by atoms with Crippen LogP contribution in [0.1, 0.15) is 5.56 Å². The van der Waals surface area contributed by atoms with Crippen LogP contribution in [-0.2, 0) is 6.54 Å². The van der Waals surface area contributed by atoms with Crippen molar-refractivity contribution < 1.29 is 19.0 Å². The average Bonchev–Trinajstić information content (AvgIpc) is 2.75. The summed E-state index contributed by atoms with van der Waals surface area (Å²) in [6, 6.07) is 22.3. The number of anilines is 1. The van der Waals surface area contributed by atoms with Gasteiger partial charge in [-0.2, -0.15) is 0 Å². The third kappa shape index (κ3) is 4.60. The molecule has 1 aliphatic rings. The normalized spacial score (nSPS) is 12.2. The third-order valence-electron chi connectivity index (χ3n) is 4.47. The predicted octanol–water partition coefficient (Wildman–Crippen LogP) is 4.91. The molecule has 0 fully saturated rings. The standard InChI is InChI=1S/C23H22N2O4/c1-25(16-17-11-12-21-22(15-17)28-14-13-27-21)23(26)24-19-9-5-6-10-20(19)29-18-7-3-2-4-8-18/h2-12,15H,13-14,16H2,1H3,(H,24,26). The molecule has 148 valence electrons. The van der Waals surface area contributed by atoms with Gasteiger partial charge in [0, 0.05) is 13.6 Å². The lowest BCUT2D eigenvalue weighted by atomic mass is 10.2. The minimum atomic E-state index is -0.232. The maximum Gasteiger partial charge on any atom is 0.321 e. The summed E-state index contributed by atoms with van der Waals surface area (Å²) in [6.07, 6.45) is 0. The molecule has 0 atom stereocenters. The summed E-state index contributed by atoms with van der Waals surface area (Å²) in [5, 5.41) is 2.92. The van der Waals surface area contributed by atoms with E-state index in [0.29, 0.717) is 42.7 Å². The fourth-order valence-electron chi connectivity index (χ4n) is 3.02. The number of nitrogens with zero attached hydrogens (tertiary/aromatic N) is 1. The molecule has 2 amide bonds. The van der Waals surface area contributed by atoms with Gasteiger partial charge in [-0.05, 0) is 42.0 Å². The highest BCUT2D eigenvalue weighted by molar-refractivity contribution is 5.90. The molecule has 6 heteroatoms. The van der Waals surface area contributed by atoms with E-state index in [1.165, 1.54) is 0 Å². The fourth-order valence-corrected chi connectivity index (χ4v) is 3.02. The molecule has 0 bridgehead atoms. The molecule has 4 rings (SSSR count). The molecule has 0 unspecified atom stereocenters. The van der Waals surface area contributed by atoms with E-state index in [-0.39, 0.29) is 6.03 Å². The van der Waals surface area contributed by atoms with Gasteiger partial charge in [-0.1, -0.05) is 36.4 Å². The van der Waals surface area contributed by atoms with Crippen molar-refractivity contribution in [2.24, 2.45) is 0 Å². The van der Waals surface area contributed by atoms with E-state index in [9.17, 15) is 4.79 Å². The van der Waals surface area contributed by atoms with Crippen molar-refractivity contribution in [2.45, 2.75) is 6.54 Å². The van der Waals surface area contributed by atoms with Gasteiger partial charge in [-0.3, -0.25) is 0 Å². The highest BCUT2D eigenvalue weighted by Gasteiger charge is 2.16. The zero-order chi connectivity index (χ0) is 20.1. The summed E-state index contributed by atoms with van der Waals surface area (Å²) in [5.74, 6) is 2.74. The lowest BCUT2D eigenvalue weighted by molar-refractivity contribution is 0.171. The van der Waals surface area contributed by atoms with E-state index in [4.69, 9.17) is 14.2 Å². The second-order valence-electron chi connectivity index (χ2n) is 6.68. The van der Waals surface area contributed by atoms with Crippen molar-refractivity contribution in [3.8, 4) is 23.0 Å². The second kappa shape index (κ2) is 8.56. The summed E-state index contributed by atoms with van der Waals surface area (Å²) >= 11 is 0. The molecular weight excluding hydrogens is 368 g/mol. The number of hydrogen-bond donors (Lipinski definition) is 1. The Kier molecular flexibility index (Phi) is 5.52. The van der Waals surface area contributed by atoms with Crippen molar-refractivity contribution in [2.75, 3.05) is 25.6 Å². The smallest absolute Gasteiger partial charge is 0.321 e. The molecule has 0 saturated carbocycles. The van der Waals surface area contributed by atoms with E-state index >= 15 is 0 Å². The van der Waals surface area contributed by atoms with Gasteiger partial charge in [-0.15, -0.1) is 0 Å². The highest BCUT2D eigenvalue weighted by Crippen LogP contribution is 2.32. The van der Waals surface area contributed by atoms with Crippen molar-refractivity contribution in [1.82, 2.24) is 4.90 Å². The van der Waals surface area contributed by atoms with Gasteiger partial charge in [0.25, 0.3) is 0 Å². The molecule has 0 aliphatic carbocycles. The Morgan fingerprint density at radius 1 is 0.966 bits per heavy atom. The van der Waals surface area contributed by atoms with Crippen molar-refractivity contribution in [1.29, 1.82) is 0 Å². The topological polar surface area (TPSA) is 60.0 Å². The van der Waals surface area contributed by atoms with E-state index in [1.54, 1.807) is 11.9 Å². The number of urea groups is 1. The van der Waals surface area contributed by atoms with Crippen LogP contribution in [-0.4, -0.2) is 31.2 Å². The lowest BCUT2D eigenvalue weighted by Gasteiger charge is -2.22. The first-order valence-electron chi connectivity index (χ1n) is 9.41. The van der Waals surface area contributed by atoms with Crippen molar-refractivity contribution >= 4 is 11.7 Å². The number of benzene rings is 3. The third-order valence-corrected chi connectivity index (χ3v) is 4.47. The van der Waals surface area contributed by atoms with E-state index in [1.807, 2.05) is 72.8 Å². The summed E-state index contributed by atoms with van der Waals surface area (Å²) in [6.45, 7) is 1.52. The molecule has 29 heavy (non-hydrogen) atoms. The number of amides is 2. The molecule has 0 radical (unpaired) electrons. The molecule has 3 aromatic rings. The number of rotatable bonds is 5. The SMILES string of the molecule is CN(Cc1ccc2c(c1)OCCO2)C(=O)Nc1ccccc1Oc1ccccc1. The van der Waals surface area contributed by atoms with Crippen LogP contribution in [0.15, 0.2) is 72.8 Å². The van der Waals surface area contributed by atoms with Gasteiger partial charge >= 0.3 is 6.03 Å². The van der Waals surface area contributed by atoms with Crippen LogP contribution >= 0.6 is 0 Å². The van der Waals surface area contributed by atoms with Gasteiger partial charge in [0.05, 0.1) is 5.69 Å². The minimum absolute atomic E-state index is 0.232. The van der Waals surface area contributed by atoms with Crippen LogP contribution < -0.4 is 19.5 Å². The van der Waals surface area contributed by atoms with Gasteiger partial charge in [0.15, 0.2) is 17.2 Å². The first-order valence-corrected chi connectivity index (χ1v) is 9.41. The van der Waals surface area contributed by atoms with Crippen LogP contribution in [0, 0.1) is 0 Å². The Balaban J connectivity index is 1.43. The molecule has 1 aliphatic heterocycles. The minimum Gasteiger partial charge on any atom is -0.486 e. The fraction of sp³-hybridized carbons (Fsp3) is 0.174. The van der Waals surface area contributed by atoms with Gasteiger partial charge in [0.2, 0.25) is 0 Å². The number of fused-ring (bicyclic) bond motifs is 1. The summed E-state index contributed by atoms with van der Waals surface area (Å²) in [5.41, 5.74) is 1.57. The first kappa shape index (κ1) is 18.7. The number of ether oxygens (including phenoxy) is 3. The number of hydrogen-bond acceptors (Lipinski definition) is 4. The van der Waals surface area contributed by atoms with Gasteiger partial charge in [-0.25, -0.2) is 4.79 Å². The molecular formula is C23H22N2O4. The number of para-hydroxylation sites is 3. The van der Waals surface area contributed by atoms with Crippen molar-refractivity contribution in [3.63, 3.8) is 0 Å². The molecule has 6 nitrogen and oxygen atoms in total. The predicted molar refractivity (Wildman–Crippen MR) is 111 cm³/mol. The molecule has 1 heterocycles. The first-order chi connectivity index (χ1) is 14.2. The number of carbonyl (C=O) groups excluding carboxylic acids is 1. The Labute approximate surface area is 169 Å². The Morgan fingerprint density at radius 2 is 1.69 bits per heavy atom. The van der Waals surface area contributed by atoms with Crippen molar-refractivity contribution in [3.05, 3.63) is 78.4 Å². The van der Waals surface area contributed by atoms with Crippen LogP contribution in [0.4, 0.5) is 10.5 Å². The number of nitrogens with one attached hydrogen (secondary N) is 1. The quantitative estimate of drug-likeness (QED) is 0.672. The van der Waals surface area contributed by atoms with Crippen LogP contribution in [0.3, 0.4) is 0 Å². The maximum absolute atomic E-state index is 12.7. The largest absolute Gasteiger partial charge is 0.486 e. The molecule has 3 aromatic carbocycles. The monoisotopic (exact) mass is 390 g/mol. The average molecular weight is 390 g/mol. The highest BCUT2D eigenvalue weighted by atomic mass is 16.6. The molecule has 1 N–H and O–H groups in total. The van der Waals surface area contributed by atoms with E-state index in [0.717, 1.165) is 11.3 Å². The summed E-state index contributed by atoms with van der Waals surface area (Å²) in [7, 11) is 1.74.